The highest BCUT2D eigenvalue weighted by Crippen LogP contribution is 2.21. The summed E-state index contributed by atoms with van der Waals surface area (Å²) in [6.07, 6.45) is 5.48. The maximum atomic E-state index is 12.6. The van der Waals surface area contributed by atoms with Crippen molar-refractivity contribution in [1.82, 2.24) is 19.9 Å². The summed E-state index contributed by atoms with van der Waals surface area (Å²) < 4.78 is 26.1. The molecule has 2 aromatic rings. The molecule has 104 valence electrons. The van der Waals surface area contributed by atoms with E-state index in [1.807, 2.05) is 13.1 Å². The molecule has 0 saturated carbocycles. The summed E-state index contributed by atoms with van der Waals surface area (Å²) in [7, 11) is 0. The van der Waals surface area contributed by atoms with E-state index in [2.05, 4.69) is 22.2 Å². The van der Waals surface area contributed by atoms with Crippen LogP contribution in [0.25, 0.3) is 0 Å². The molecule has 0 spiro atoms. The van der Waals surface area contributed by atoms with Crippen molar-refractivity contribution in [3.8, 4) is 0 Å². The molecule has 0 aliphatic rings. The Morgan fingerprint density at radius 3 is 2.84 bits per heavy atom. The van der Waals surface area contributed by atoms with Crippen LogP contribution in [0.1, 0.15) is 42.1 Å². The van der Waals surface area contributed by atoms with E-state index in [-0.39, 0.29) is 6.04 Å². The van der Waals surface area contributed by atoms with Crippen molar-refractivity contribution in [2.75, 3.05) is 0 Å². The fraction of sp³-hybridized carbons (Fsp3) is 0.500. The number of alkyl halides is 2. The number of rotatable bonds is 6. The van der Waals surface area contributed by atoms with E-state index in [1.165, 1.54) is 17.3 Å². The highest BCUT2D eigenvalue weighted by Gasteiger charge is 2.14. The molecule has 1 N–H and O–H groups in total. The van der Waals surface area contributed by atoms with Gasteiger partial charge in [-0.1, -0.05) is 6.92 Å². The van der Waals surface area contributed by atoms with Crippen molar-refractivity contribution in [2.45, 2.75) is 39.4 Å². The molecular weight excluding hydrogens is 270 g/mol. The third-order valence-corrected chi connectivity index (χ3v) is 4.14. The minimum Gasteiger partial charge on any atom is -0.301 e. The molecule has 0 radical (unpaired) electrons. The Bertz CT molecular complexity index is 523. The highest BCUT2D eigenvalue weighted by molar-refractivity contribution is 7.11. The number of aryl methyl sites for hydroxylation is 1. The van der Waals surface area contributed by atoms with Gasteiger partial charge in [-0.25, -0.2) is 9.97 Å². The van der Waals surface area contributed by atoms with Gasteiger partial charge in [0, 0.05) is 23.5 Å². The number of aromatic nitrogens is 3. The maximum Gasteiger partial charge on any atom is 0.319 e. The molecule has 0 amide bonds. The molecule has 0 aromatic carbocycles. The van der Waals surface area contributed by atoms with Gasteiger partial charge in [0.2, 0.25) is 0 Å². The van der Waals surface area contributed by atoms with Crippen molar-refractivity contribution in [2.24, 2.45) is 0 Å². The lowest BCUT2D eigenvalue weighted by Gasteiger charge is -2.12. The van der Waals surface area contributed by atoms with Crippen LogP contribution in [0.4, 0.5) is 8.78 Å². The molecule has 2 heterocycles. The Labute approximate surface area is 114 Å². The number of halogens is 2. The van der Waals surface area contributed by atoms with Crippen molar-refractivity contribution in [3.63, 3.8) is 0 Å². The summed E-state index contributed by atoms with van der Waals surface area (Å²) in [5.41, 5.74) is 0. The molecule has 7 heteroatoms. The van der Waals surface area contributed by atoms with Crippen LogP contribution in [-0.2, 0) is 13.0 Å². The van der Waals surface area contributed by atoms with Gasteiger partial charge < -0.3 is 5.32 Å². The van der Waals surface area contributed by atoms with Gasteiger partial charge in [-0.15, -0.1) is 11.3 Å². The standard InChI is InChI=1S/C12H16F2N4S/c1-3-9-6-17-11(19-9)8(2)16-7-10-15-4-5-18(10)12(13)14/h4-6,8,12,16H,3,7H2,1-2H3. The summed E-state index contributed by atoms with van der Waals surface area (Å²) in [4.78, 5) is 9.47. The number of nitrogens with one attached hydrogen (secondary N) is 1. The summed E-state index contributed by atoms with van der Waals surface area (Å²) in [5.74, 6) is 0.328. The molecule has 1 unspecified atom stereocenters. The molecule has 1 atom stereocenters. The first-order chi connectivity index (χ1) is 9.11. The van der Waals surface area contributed by atoms with Crippen molar-refractivity contribution in [3.05, 3.63) is 34.3 Å². The van der Waals surface area contributed by atoms with Crippen molar-refractivity contribution >= 4 is 11.3 Å². The van der Waals surface area contributed by atoms with E-state index in [0.717, 1.165) is 16.0 Å². The molecule has 0 fully saturated rings. The minimum atomic E-state index is -2.55. The molecule has 0 aliphatic heterocycles. The SMILES string of the molecule is CCc1cnc(C(C)NCc2nccn2C(F)F)s1. The summed E-state index contributed by atoms with van der Waals surface area (Å²) in [5, 5.41) is 4.13. The summed E-state index contributed by atoms with van der Waals surface area (Å²) in [6.45, 7) is 1.78. The zero-order valence-corrected chi connectivity index (χ0v) is 11.6. The number of nitrogens with zero attached hydrogens (tertiary/aromatic N) is 3. The molecule has 0 saturated heterocycles. The fourth-order valence-corrected chi connectivity index (χ4v) is 2.56. The summed E-state index contributed by atoms with van der Waals surface area (Å²) in [6, 6.07) is 0.0214. The van der Waals surface area contributed by atoms with E-state index >= 15 is 0 Å². The maximum absolute atomic E-state index is 12.6. The second-order valence-electron chi connectivity index (χ2n) is 4.15. The lowest BCUT2D eigenvalue weighted by molar-refractivity contribution is 0.0665. The molecular formula is C12H16F2N4S. The van der Waals surface area contributed by atoms with Crippen LogP contribution < -0.4 is 5.32 Å². The van der Waals surface area contributed by atoms with Gasteiger partial charge in [-0.3, -0.25) is 4.57 Å². The number of hydrogen-bond acceptors (Lipinski definition) is 4. The molecule has 2 rings (SSSR count). The predicted octanol–water partition coefficient (Wildman–Crippen LogP) is 3.15. The quantitative estimate of drug-likeness (QED) is 0.887. The van der Waals surface area contributed by atoms with Gasteiger partial charge >= 0.3 is 6.55 Å². The topological polar surface area (TPSA) is 42.7 Å². The number of thiazole rings is 1. The van der Waals surface area contributed by atoms with E-state index in [0.29, 0.717) is 12.4 Å². The zero-order valence-electron chi connectivity index (χ0n) is 10.8. The largest absolute Gasteiger partial charge is 0.319 e. The van der Waals surface area contributed by atoms with Crippen LogP contribution in [0, 0.1) is 0 Å². The van der Waals surface area contributed by atoms with Crippen LogP contribution in [0.15, 0.2) is 18.6 Å². The van der Waals surface area contributed by atoms with Crippen LogP contribution in [-0.4, -0.2) is 14.5 Å². The van der Waals surface area contributed by atoms with E-state index < -0.39 is 6.55 Å². The first-order valence-electron chi connectivity index (χ1n) is 6.09. The molecule has 0 bridgehead atoms. The lowest BCUT2D eigenvalue weighted by atomic mass is 10.3. The number of imidazole rings is 1. The highest BCUT2D eigenvalue weighted by atomic mass is 32.1. The van der Waals surface area contributed by atoms with Crippen molar-refractivity contribution in [1.29, 1.82) is 0 Å². The Balaban J connectivity index is 1.96. The lowest BCUT2D eigenvalue weighted by Crippen LogP contribution is -2.20. The average Bonchev–Trinajstić information content (AvgIpc) is 3.04. The van der Waals surface area contributed by atoms with E-state index in [4.69, 9.17) is 0 Å². The van der Waals surface area contributed by atoms with Crippen LogP contribution in [0.3, 0.4) is 0 Å². The van der Waals surface area contributed by atoms with Gasteiger partial charge in [0.1, 0.15) is 10.8 Å². The second kappa shape index (κ2) is 6.21. The average molecular weight is 286 g/mol. The third kappa shape index (κ3) is 3.36. The summed E-state index contributed by atoms with van der Waals surface area (Å²) >= 11 is 1.64. The Kier molecular flexibility index (Phi) is 4.60. The van der Waals surface area contributed by atoms with Crippen LogP contribution >= 0.6 is 11.3 Å². The van der Waals surface area contributed by atoms with Gasteiger partial charge in [0.15, 0.2) is 0 Å². The molecule has 19 heavy (non-hydrogen) atoms. The van der Waals surface area contributed by atoms with Gasteiger partial charge in [-0.2, -0.15) is 8.78 Å². The minimum absolute atomic E-state index is 0.0214. The van der Waals surface area contributed by atoms with Crippen LogP contribution in [0.5, 0.6) is 0 Å². The zero-order chi connectivity index (χ0) is 13.8. The van der Waals surface area contributed by atoms with Crippen LogP contribution in [0.2, 0.25) is 0 Å². The van der Waals surface area contributed by atoms with Gasteiger partial charge in [-0.05, 0) is 13.3 Å². The third-order valence-electron chi connectivity index (χ3n) is 2.82. The molecule has 2 aromatic heterocycles. The van der Waals surface area contributed by atoms with Gasteiger partial charge in [0.05, 0.1) is 12.6 Å². The Morgan fingerprint density at radius 2 is 2.21 bits per heavy atom. The van der Waals surface area contributed by atoms with Crippen molar-refractivity contribution < 1.29 is 8.78 Å². The first kappa shape index (κ1) is 14.1. The predicted molar refractivity (Wildman–Crippen MR) is 70.2 cm³/mol. The second-order valence-corrected chi connectivity index (χ2v) is 5.30. The van der Waals surface area contributed by atoms with Gasteiger partial charge in [0.25, 0.3) is 0 Å². The fourth-order valence-electron chi connectivity index (χ4n) is 1.68. The first-order valence-corrected chi connectivity index (χ1v) is 6.91. The Hall–Kier alpha value is -1.34. The normalized spacial score (nSPS) is 13.1. The monoisotopic (exact) mass is 286 g/mol. The number of hydrogen-bond donors (Lipinski definition) is 1. The smallest absolute Gasteiger partial charge is 0.301 e. The van der Waals surface area contributed by atoms with E-state index in [9.17, 15) is 8.78 Å². The van der Waals surface area contributed by atoms with E-state index in [1.54, 1.807) is 11.3 Å². The molecule has 0 aliphatic carbocycles. The molecule has 4 nitrogen and oxygen atoms in total. The Morgan fingerprint density at radius 1 is 1.42 bits per heavy atom.